The lowest BCUT2D eigenvalue weighted by atomic mass is 10.0. The Hall–Kier alpha value is -1.96. The average Bonchev–Trinajstić information content (AvgIpc) is 2.29. The van der Waals surface area contributed by atoms with E-state index in [9.17, 15) is 4.79 Å². The minimum atomic E-state index is 0.0911. The first kappa shape index (κ1) is 10.6. The second-order valence-electron chi connectivity index (χ2n) is 3.90. The molecule has 1 aromatic heterocycles. The van der Waals surface area contributed by atoms with Crippen molar-refractivity contribution < 1.29 is 9.36 Å². The van der Waals surface area contributed by atoms with Crippen LogP contribution in [0.25, 0.3) is 11.1 Å². The molecule has 0 bridgehead atoms. The molecule has 0 N–H and O–H groups in total. The number of nitrogens with zero attached hydrogens (tertiary/aromatic N) is 1. The normalized spacial score (nSPS) is 10.1. The van der Waals surface area contributed by atoms with Crippen molar-refractivity contribution in [1.29, 1.82) is 0 Å². The number of benzene rings is 1. The third-order valence-electron chi connectivity index (χ3n) is 2.51. The second-order valence-corrected chi connectivity index (χ2v) is 3.90. The molecule has 80 valence electrons. The molecule has 2 nitrogen and oxygen atoms in total. The lowest BCUT2D eigenvalue weighted by Crippen LogP contribution is -2.28. The maximum atomic E-state index is 11.4. The number of aryl methyl sites for hydroxylation is 1. The van der Waals surface area contributed by atoms with Crippen molar-refractivity contribution in [3.05, 3.63) is 54.4 Å². The van der Waals surface area contributed by atoms with Crippen LogP contribution in [0.3, 0.4) is 0 Å². The van der Waals surface area contributed by atoms with Gasteiger partial charge in [0, 0.05) is 5.56 Å². The largest absolute Gasteiger partial charge is 0.294 e. The molecule has 2 rings (SSSR count). The van der Waals surface area contributed by atoms with Gasteiger partial charge in [0.05, 0.1) is 5.56 Å². The zero-order chi connectivity index (χ0) is 11.5. The van der Waals surface area contributed by atoms with Crippen molar-refractivity contribution in [3.8, 4) is 11.1 Å². The Labute approximate surface area is 95.2 Å². The first-order valence-corrected chi connectivity index (χ1v) is 5.23. The van der Waals surface area contributed by atoms with E-state index in [4.69, 9.17) is 0 Å². The third kappa shape index (κ3) is 2.16. The van der Waals surface area contributed by atoms with Crippen LogP contribution >= 0.6 is 0 Å². The Morgan fingerprint density at radius 3 is 2.38 bits per heavy atom. The van der Waals surface area contributed by atoms with Crippen molar-refractivity contribution in [2.75, 3.05) is 0 Å². The van der Waals surface area contributed by atoms with Crippen molar-refractivity contribution in [1.82, 2.24) is 0 Å². The molecule has 0 aliphatic heterocycles. The van der Waals surface area contributed by atoms with Crippen LogP contribution < -0.4 is 4.57 Å². The van der Waals surface area contributed by atoms with Crippen LogP contribution in [-0.4, -0.2) is 5.78 Å². The molecule has 0 atom stereocenters. The van der Waals surface area contributed by atoms with Crippen LogP contribution in [0, 0.1) is 0 Å². The smallest absolute Gasteiger partial charge is 0.179 e. The van der Waals surface area contributed by atoms with Gasteiger partial charge >= 0.3 is 0 Å². The van der Waals surface area contributed by atoms with E-state index in [0.717, 1.165) is 16.7 Å². The number of pyridine rings is 1. The van der Waals surface area contributed by atoms with Gasteiger partial charge in [-0.15, -0.1) is 0 Å². The number of hydrogen-bond acceptors (Lipinski definition) is 1. The van der Waals surface area contributed by atoms with Crippen LogP contribution in [0.1, 0.15) is 17.3 Å². The topological polar surface area (TPSA) is 20.9 Å². The Bertz CT molecular complexity index is 518. The summed E-state index contributed by atoms with van der Waals surface area (Å²) in [6.45, 7) is 1.59. The van der Waals surface area contributed by atoms with Crippen LogP contribution in [0.4, 0.5) is 0 Å². The number of Topliss-reactive ketones (excluding diaryl/α,β-unsaturated/α-hetero) is 1. The Balaban J connectivity index is 2.54. The second kappa shape index (κ2) is 4.27. The van der Waals surface area contributed by atoms with Crippen molar-refractivity contribution in [2.45, 2.75) is 6.92 Å². The van der Waals surface area contributed by atoms with E-state index < -0.39 is 0 Å². The summed E-state index contributed by atoms with van der Waals surface area (Å²) >= 11 is 0. The molecule has 0 fully saturated rings. The molecule has 1 heterocycles. The molecule has 0 aliphatic carbocycles. The molecule has 16 heavy (non-hydrogen) atoms. The predicted octanol–water partition coefficient (Wildman–Crippen LogP) is 2.38. The molecule has 0 amide bonds. The van der Waals surface area contributed by atoms with Gasteiger partial charge in [0.15, 0.2) is 18.2 Å². The van der Waals surface area contributed by atoms with Crippen molar-refractivity contribution in [2.24, 2.45) is 7.05 Å². The number of carbonyl (C=O) groups is 1. The van der Waals surface area contributed by atoms with E-state index in [-0.39, 0.29) is 5.78 Å². The number of rotatable bonds is 2. The fourth-order valence-corrected chi connectivity index (χ4v) is 1.70. The standard InChI is InChI=1S/C14H14NO/c1-11(16)13-8-14(10-15(2)9-13)12-6-4-3-5-7-12/h3-10H,1-2H3/q+1. The highest BCUT2D eigenvalue weighted by Crippen LogP contribution is 2.18. The molecule has 0 radical (unpaired) electrons. The van der Waals surface area contributed by atoms with Gasteiger partial charge in [-0.1, -0.05) is 30.3 Å². The number of carbonyl (C=O) groups excluding carboxylic acids is 1. The molecule has 0 aliphatic rings. The zero-order valence-electron chi connectivity index (χ0n) is 9.47. The fraction of sp³-hybridized carbons (Fsp3) is 0.143. The summed E-state index contributed by atoms with van der Waals surface area (Å²) < 4.78 is 1.92. The van der Waals surface area contributed by atoms with Crippen molar-refractivity contribution in [3.63, 3.8) is 0 Å². The van der Waals surface area contributed by atoms with E-state index >= 15 is 0 Å². The van der Waals surface area contributed by atoms with Gasteiger partial charge in [0.2, 0.25) is 0 Å². The van der Waals surface area contributed by atoms with Crippen molar-refractivity contribution >= 4 is 5.78 Å². The van der Waals surface area contributed by atoms with Gasteiger partial charge in [-0.25, -0.2) is 4.57 Å². The van der Waals surface area contributed by atoms with E-state index in [1.807, 2.05) is 60.4 Å². The van der Waals surface area contributed by atoms with Gasteiger partial charge in [0.1, 0.15) is 7.05 Å². The van der Waals surface area contributed by atoms with E-state index in [1.165, 1.54) is 0 Å². The van der Waals surface area contributed by atoms with Crippen LogP contribution in [0.5, 0.6) is 0 Å². The molecule has 1 aromatic carbocycles. The summed E-state index contributed by atoms with van der Waals surface area (Å²) in [5.74, 6) is 0.0911. The first-order valence-electron chi connectivity index (χ1n) is 5.23. The predicted molar refractivity (Wildman–Crippen MR) is 63.1 cm³/mol. The highest BCUT2D eigenvalue weighted by Gasteiger charge is 2.09. The summed E-state index contributed by atoms with van der Waals surface area (Å²) in [6.07, 6.45) is 3.86. The SMILES string of the molecule is CC(=O)c1cc(-c2ccccc2)c[n+](C)c1. The Kier molecular flexibility index (Phi) is 2.82. The molecular weight excluding hydrogens is 198 g/mol. The average molecular weight is 212 g/mol. The molecule has 0 spiro atoms. The van der Waals surface area contributed by atoms with E-state index in [1.54, 1.807) is 6.92 Å². The molecule has 0 unspecified atom stereocenters. The summed E-state index contributed by atoms with van der Waals surface area (Å²) in [6, 6.07) is 12.0. The lowest BCUT2D eigenvalue weighted by molar-refractivity contribution is -0.671. The maximum Gasteiger partial charge on any atom is 0.179 e. The first-order chi connectivity index (χ1) is 7.66. The monoisotopic (exact) mass is 212 g/mol. The summed E-state index contributed by atoms with van der Waals surface area (Å²) in [7, 11) is 1.93. The fourth-order valence-electron chi connectivity index (χ4n) is 1.70. The highest BCUT2D eigenvalue weighted by atomic mass is 16.1. The van der Waals surface area contributed by atoms with E-state index in [2.05, 4.69) is 0 Å². The van der Waals surface area contributed by atoms with Gasteiger partial charge in [-0.05, 0) is 18.6 Å². The molecule has 2 aromatic rings. The van der Waals surface area contributed by atoms with Gasteiger partial charge < -0.3 is 0 Å². The van der Waals surface area contributed by atoms with E-state index in [0.29, 0.717) is 0 Å². The number of hydrogen-bond donors (Lipinski definition) is 0. The third-order valence-corrected chi connectivity index (χ3v) is 2.51. The van der Waals surface area contributed by atoms with Crippen LogP contribution in [0.15, 0.2) is 48.8 Å². The van der Waals surface area contributed by atoms with Crippen LogP contribution in [-0.2, 0) is 7.05 Å². The number of ketones is 1. The lowest BCUT2D eigenvalue weighted by Gasteiger charge is -2.01. The quantitative estimate of drug-likeness (QED) is 0.553. The molecular formula is C14H14NO+. The van der Waals surface area contributed by atoms with Crippen LogP contribution in [0.2, 0.25) is 0 Å². The highest BCUT2D eigenvalue weighted by molar-refractivity contribution is 5.94. The maximum absolute atomic E-state index is 11.4. The Morgan fingerprint density at radius 2 is 1.75 bits per heavy atom. The molecule has 0 saturated carbocycles. The number of aromatic nitrogens is 1. The minimum Gasteiger partial charge on any atom is -0.294 e. The van der Waals surface area contributed by atoms with Gasteiger partial charge in [0.25, 0.3) is 0 Å². The van der Waals surface area contributed by atoms with Gasteiger partial charge in [-0.2, -0.15) is 0 Å². The molecule has 2 heteroatoms. The summed E-state index contributed by atoms with van der Waals surface area (Å²) in [4.78, 5) is 11.4. The molecule has 0 saturated heterocycles. The zero-order valence-corrected chi connectivity index (χ0v) is 9.47. The summed E-state index contributed by atoms with van der Waals surface area (Å²) in [5.41, 5.74) is 2.93. The minimum absolute atomic E-state index is 0.0911. The Morgan fingerprint density at radius 1 is 1.06 bits per heavy atom. The summed E-state index contributed by atoms with van der Waals surface area (Å²) in [5, 5.41) is 0. The van der Waals surface area contributed by atoms with Gasteiger partial charge in [-0.3, -0.25) is 4.79 Å².